The van der Waals surface area contributed by atoms with Crippen LogP contribution in [0, 0.1) is 34.9 Å². The Morgan fingerprint density at radius 3 is 2.24 bits per heavy atom. The number of primary amides is 1. The second kappa shape index (κ2) is 14.9. The van der Waals surface area contributed by atoms with Crippen LogP contribution in [0.4, 0.5) is 15.9 Å². The third-order valence-corrected chi connectivity index (χ3v) is 13.2. The van der Waals surface area contributed by atoms with Gasteiger partial charge in [0, 0.05) is 64.3 Å². The molecule has 3 atom stereocenters. The summed E-state index contributed by atoms with van der Waals surface area (Å²) in [5.41, 5.74) is 6.00. The van der Waals surface area contributed by atoms with E-state index in [0.29, 0.717) is 86.0 Å². The second-order valence-electron chi connectivity index (χ2n) is 16.1. The molecule has 0 unspecified atom stereocenters. The lowest BCUT2D eigenvalue weighted by Gasteiger charge is -2.41. The third kappa shape index (κ3) is 6.79. The van der Waals surface area contributed by atoms with Crippen LogP contribution in [0.5, 0.6) is 5.75 Å². The Kier molecular flexibility index (Phi) is 9.76. The number of anilines is 2. The largest absolute Gasteiger partial charge is 0.490 e. The van der Waals surface area contributed by atoms with Gasteiger partial charge in [-0.15, -0.1) is 0 Å². The molecule has 5 amide bonds. The molecule has 9 rings (SSSR count). The maximum atomic E-state index is 15.7. The van der Waals surface area contributed by atoms with E-state index in [0.717, 1.165) is 36.4 Å². The quantitative estimate of drug-likeness (QED) is 0.312. The lowest BCUT2D eigenvalue weighted by molar-refractivity contribution is -0.155. The molecule has 0 bridgehead atoms. The number of hydrogen-bond donors (Lipinski definition) is 1. The average Bonchev–Trinajstić information content (AvgIpc) is 3.52. The van der Waals surface area contributed by atoms with Crippen LogP contribution >= 0.6 is 11.6 Å². The van der Waals surface area contributed by atoms with Crippen molar-refractivity contribution in [2.45, 2.75) is 56.7 Å². The number of likely N-dealkylation sites (tertiary alicyclic amines) is 1. The SMILES string of the molecule is N#Cc1ccc(OC2CCC(N3C(=O)CC[C@@H](N4C(=O)c5cc(F)c(N6CCN(CC7[C@H]8CN(c9cnc(C(N)=O)cn9)C[C@H]78)CC6)cc5C4=O)C3=O)CC2)cc1Cl. The molecule has 0 radical (unpaired) electrons. The second-order valence-corrected chi connectivity index (χ2v) is 16.5. The summed E-state index contributed by atoms with van der Waals surface area (Å²) in [7, 11) is 0. The first kappa shape index (κ1) is 37.9. The van der Waals surface area contributed by atoms with Crippen LogP contribution in [0.3, 0.4) is 0 Å². The Morgan fingerprint density at radius 2 is 1.60 bits per heavy atom. The zero-order valence-corrected chi connectivity index (χ0v) is 32.3. The number of imide groups is 2. The summed E-state index contributed by atoms with van der Waals surface area (Å²) in [6.45, 7) is 5.21. The van der Waals surface area contributed by atoms with Crippen molar-refractivity contribution in [1.82, 2.24) is 24.7 Å². The number of benzene rings is 2. The fourth-order valence-corrected chi connectivity index (χ4v) is 9.88. The molecular formula is C41H41ClFN9O6. The van der Waals surface area contributed by atoms with Crippen LogP contribution in [0.15, 0.2) is 42.7 Å². The third-order valence-electron chi connectivity index (χ3n) is 12.9. The molecule has 300 valence electrons. The molecule has 2 saturated carbocycles. The Balaban J connectivity index is 0.792. The van der Waals surface area contributed by atoms with Gasteiger partial charge in [-0.3, -0.25) is 38.7 Å². The molecule has 0 spiro atoms. The molecular weight excluding hydrogens is 769 g/mol. The summed E-state index contributed by atoms with van der Waals surface area (Å²) in [4.78, 5) is 83.2. The van der Waals surface area contributed by atoms with E-state index < -0.39 is 41.5 Å². The molecule has 1 aromatic heterocycles. The number of fused-ring (bicyclic) bond motifs is 2. The van der Waals surface area contributed by atoms with Gasteiger partial charge in [0.2, 0.25) is 5.91 Å². The van der Waals surface area contributed by atoms with Crippen molar-refractivity contribution in [2.75, 3.05) is 55.6 Å². The van der Waals surface area contributed by atoms with Gasteiger partial charge in [0.25, 0.3) is 23.6 Å². The number of hydrogen-bond acceptors (Lipinski definition) is 12. The molecule has 4 aliphatic heterocycles. The van der Waals surface area contributed by atoms with Crippen molar-refractivity contribution in [1.29, 1.82) is 5.26 Å². The maximum Gasteiger partial charge on any atom is 0.268 e. The molecule has 58 heavy (non-hydrogen) atoms. The van der Waals surface area contributed by atoms with Crippen LogP contribution in [0.2, 0.25) is 5.02 Å². The van der Waals surface area contributed by atoms with Crippen molar-refractivity contribution >= 4 is 52.6 Å². The van der Waals surface area contributed by atoms with Crippen LogP contribution in [-0.2, 0) is 9.59 Å². The van der Waals surface area contributed by atoms with Crippen LogP contribution in [0.25, 0.3) is 0 Å². The van der Waals surface area contributed by atoms with Gasteiger partial charge in [-0.25, -0.2) is 14.4 Å². The summed E-state index contributed by atoms with van der Waals surface area (Å²) in [5.74, 6) is -0.613. The number of piperazine rings is 1. The Hall–Kier alpha value is -5.66. The normalized spacial score (nSPS) is 27.1. The Bertz CT molecular complexity index is 2240. The summed E-state index contributed by atoms with van der Waals surface area (Å²) in [6, 6.07) is 7.85. The molecule has 3 saturated heterocycles. The van der Waals surface area contributed by atoms with E-state index in [-0.39, 0.29) is 47.4 Å². The van der Waals surface area contributed by atoms with Gasteiger partial charge >= 0.3 is 0 Å². The molecule has 3 aromatic rings. The first-order valence-corrected chi connectivity index (χ1v) is 20.1. The predicted molar refractivity (Wildman–Crippen MR) is 206 cm³/mol. The number of nitrogens with two attached hydrogens (primary N) is 1. The number of nitrogens with zero attached hydrogens (tertiary/aromatic N) is 8. The number of ether oxygens (including phenoxy) is 1. The number of amides is 5. The molecule has 5 fully saturated rings. The molecule has 15 nitrogen and oxygen atoms in total. The number of halogens is 2. The van der Waals surface area contributed by atoms with E-state index in [4.69, 9.17) is 27.3 Å². The molecule has 5 heterocycles. The van der Waals surface area contributed by atoms with E-state index in [1.165, 1.54) is 17.2 Å². The maximum absolute atomic E-state index is 15.7. The lowest BCUT2D eigenvalue weighted by atomic mass is 9.89. The minimum Gasteiger partial charge on any atom is -0.490 e. The predicted octanol–water partition coefficient (Wildman–Crippen LogP) is 3.25. The number of carbonyl (C=O) groups is 5. The number of carbonyl (C=O) groups excluding carboxylic acids is 5. The van der Waals surface area contributed by atoms with Gasteiger partial charge in [0.15, 0.2) is 0 Å². The number of nitriles is 1. The summed E-state index contributed by atoms with van der Waals surface area (Å²) < 4.78 is 21.8. The van der Waals surface area contributed by atoms with Gasteiger partial charge in [-0.2, -0.15) is 5.26 Å². The summed E-state index contributed by atoms with van der Waals surface area (Å²) in [6.07, 6.45) is 4.89. The number of rotatable bonds is 9. The molecule has 2 N–H and O–H groups in total. The van der Waals surface area contributed by atoms with Crippen LogP contribution in [0.1, 0.15) is 75.3 Å². The van der Waals surface area contributed by atoms with Gasteiger partial charge in [-0.05, 0) is 74.1 Å². The van der Waals surface area contributed by atoms with E-state index in [9.17, 15) is 24.0 Å². The van der Waals surface area contributed by atoms with E-state index in [2.05, 4.69) is 19.8 Å². The summed E-state index contributed by atoms with van der Waals surface area (Å²) >= 11 is 6.16. The fraction of sp³-hybridized carbons (Fsp3) is 0.463. The number of piperidine rings is 2. The van der Waals surface area contributed by atoms with E-state index in [1.807, 2.05) is 11.0 Å². The van der Waals surface area contributed by atoms with Crippen molar-refractivity contribution < 1.29 is 33.1 Å². The molecule has 2 aliphatic carbocycles. The highest BCUT2D eigenvalue weighted by atomic mass is 35.5. The van der Waals surface area contributed by atoms with Gasteiger partial charge in [-0.1, -0.05) is 11.6 Å². The minimum absolute atomic E-state index is 0.00460. The lowest BCUT2D eigenvalue weighted by Crippen LogP contribution is -2.59. The van der Waals surface area contributed by atoms with Crippen LogP contribution < -0.4 is 20.3 Å². The average molecular weight is 810 g/mol. The topological polar surface area (TPSA) is 186 Å². The highest BCUT2D eigenvalue weighted by Crippen LogP contribution is 2.52. The Labute approximate surface area is 338 Å². The smallest absolute Gasteiger partial charge is 0.268 e. The van der Waals surface area contributed by atoms with E-state index >= 15 is 4.39 Å². The molecule has 17 heteroatoms. The Morgan fingerprint density at radius 1 is 0.897 bits per heavy atom. The van der Waals surface area contributed by atoms with Crippen LogP contribution in [-0.4, -0.2) is 118 Å². The number of aromatic nitrogens is 2. The van der Waals surface area contributed by atoms with Crippen molar-refractivity contribution in [3.05, 3.63) is 75.9 Å². The first-order valence-electron chi connectivity index (χ1n) is 19.8. The van der Waals surface area contributed by atoms with E-state index in [1.54, 1.807) is 24.4 Å². The van der Waals surface area contributed by atoms with Crippen molar-refractivity contribution in [2.24, 2.45) is 23.5 Å². The molecule has 6 aliphatic rings. The molecule has 2 aromatic carbocycles. The van der Waals surface area contributed by atoms with Gasteiger partial charge < -0.3 is 20.3 Å². The zero-order chi connectivity index (χ0) is 40.4. The highest BCUT2D eigenvalue weighted by Gasteiger charge is 2.56. The van der Waals surface area contributed by atoms with Gasteiger partial charge in [0.05, 0.1) is 45.9 Å². The zero-order valence-electron chi connectivity index (χ0n) is 31.6. The minimum atomic E-state index is -1.17. The monoisotopic (exact) mass is 809 g/mol. The first-order chi connectivity index (χ1) is 28.0. The highest BCUT2D eigenvalue weighted by molar-refractivity contribution is 6.31. The van der Waals surface area contributed by atoms with Crippen molar-refractivity contribution in [3.63, 3.8) is 0 Å². The summed E-state index contributed by atoms with van der Waals surface area (Å²) in [5, 5.41) is 9.44. The van der Waals surface area contributed by atoms with Gasteiger partial charge in [0.1, 0.15) is 35.2 Å². The standard InChI is InChI=1S/C41H41ClFN9O6/c42-31-13-25(4-1-22(31)16-44)58-24-5-2-23(3-6-24)51-37(53)8-7-34(41(51)57)52-39(55)26-14-32(43)35(15-27(26)40(52)56)49-11-9-48(10-12-49)19-28-29-20-50(21-30(28)29)36-18-46-33(17-47-36)38(45)54/h1,4,13-15,17-18,23-24,28-30,34H,2-3,5-12,19-21H2,(H2,45,54)/t23?,24?,29-,30-,34-/m1/s1. The van der Waals surface area contributed by atoms with Crippen molar-refractivity contribution in [3.8, 4) is 11.8 Å². The fourth-order valence-electron chi connectivity index (χ4n) is 9.67.